The van der Waals surface area contributed by atoms with Crippen LogP contribution in [0.25, 0.3) is 0 Å². The molecule has 1 amide bonds. The van der Waals surface area contributed by atoms with Gasteiger partial charge in [-0.15, -0.1) is 12.4 Å². The number of hydrogen-bond acceptors (Lipinski definition) is 4. The van der Waals surface area contributed by atoms with Gasteiger partial charge in [0.2, 0.25) is 5.91 Å². The normalized spacial score (nSPS) is 15.7. The summed E-state index contributed by atoms with van der Waals surface area (Å²) in [5.74, 6) is -1.56. The summed E-state index contributed by atoms with van der Waals surface area (Å²) in [6.45, 7) is 0.273. The van der Waals surface area contributed by atoms with Crippen LogP contribution in [-0.2, 0) is 16.0 Å². The lowest BCUT2D eigenvalue weighted by atomic mass is 9.76. The Labute approximate surface area is 223 Å². The van der Waals surface area contributed by atoms with Gasteiger partial charge >= 0.3 is 0 Å². The van der Waals surface area contributed by atoms with Gasteiger partial charge in [-0.05, 0) is 47.9 Å². The molecule has 0 spiro atoms. The van der Waals surface area contributed by atoms with Crippen LogP contribution in [0.5, 0.6) is 0 Å². The average molecular weight is 520 g/mol. The van der Waals surface area contributed by atoms with E-state index in [0.29, 0.717) is 6.42 Å². The molecule has 3 aromatic carbocycles. The van der Waals surface area contributed by atoms with E-state index >= 15 is 0 Å². The van der Waals surface area contributed by atoms with Crippen molar-refractivity contribution in [1.82, 2.24) is 5.32 Å². The van der Waals surface area contributed by atoms with Crippen LogP contribution in [-0.4, -0.2) is 29.7 Å². The predicted octanol–water partition coefficient (Wildman–Crippen LogP) is 3.36. The Morgan fingerprint density at radius 2 is 1.49 bits per heavy atom. The van der Waals surface area contributed by atoms with Crippen molar-refractivity contribution in [3.05, 3.63) is 107 Å². The molecule has 4 rings (SSSR count). The molecule has 0 heterocycles. The molecule has 37 heavy (non-hydrogen) atoms. The first kappa shape index (κ1) is 27.9. The highest BCUT2D eigenvalue weighted by Crippen LogP contribution is 2.34. The minimum absolute atomic E-state index is 0. The zero-order chi connectivity index (χ0) is 25.5. The molecular formula is C29H34ClN5O2. The summed E-state index contributed by atoms with van der Waals surface area (Å²) >= 11 is 0. The second kappa shape index (κ2) is 12.5. The van der Waals surface area contributed by atoms with Crippen LogP contribution < -0.4 is 22.5 Å². The Morgan fingerprint density at radius 1 is 0.919 bits per heavy atom. The predicted molar refractivity (Wildman–Crippen MR) is 149 cm³/mol. The number of rotatable bonds is 10. The molecule has 194 valence electrons. The Balaban J connectivity index is 0.00000380. The molecular weight excluding hydrogens is 486 g/mol. The summed E-state index contributed by atoms with van der Waals surface area (Å²) in [4.78, 5) is 32.1. The second-order valence-corrected chi connectivity index (χ2v) is 9.26. The third-order valence-corrected chi connectivity index (χ3v) is 6.83. The summed E-state index contributed by atoms with van der Waals surface area (Å²) in [6, 6.07) is 26.7. The van der Waals surface area contributed by atoms with Crippen molar-refractivity contribution in [3.8, 4) is 0 Å². The zero-order valence-electron chi connectivity index (χ0n) is 20.7. The monoisotopic (exact) mass is 519 g/mol. The van der Waals surface area contributed by atoms with E-state index < -0.39 is 17.4 Å². The van der Waals surface area contributed by atoms with Crippen LogP contribution in [0, 0.1) is 0 Å². The highest BCUT2D eigenvalue weighted by molar-refractivity contribution is 6.14. The summed E-state index contributed by atoms with van der Waals surface area (Å²) in [5, 5.41) is 3.09. The van der Waals surface area contributed by atoms with E-state index in [9.17, 15) is 9.59 Å². The number of Topliss-reactive ketones (excluding diaryl/α,β-unsaturated/α-hetero) is 1. The van der Waals surface area contributed by atoms with Gasteiger partial charge in [0.1, 0.15) is 0 Å². The molecule has 0 radical (unpaired) electrons. The van der Waals surface area contributed by atoms with Crippen molar-refractivity contribution in [1.29, 1.82) is 0 Å². The summed E-state index contributed by atoms with van der Waals surface area (Å²) in [6.07, 6.45) is 2.13. The second-order valence-electron chi connectivity index (χ2n) is 9.26. The maximum atomic E-state index is 14.3. The summed E-state index contributed by atoms with van der Waals surface area (Å²) in [5.41, 5.74) is 19.8. The van der Waals surface area contributed by atoms with E-state index in [1.165, 1.54) is 5.56 Å². The fourth-order valence-electron chi connectivity index (χ4n) is 4.95. The van der Waals surface area contributed by atoms with Gasteiger partial charge in [0.15, 0.2) is 17.3 Å². The van der Waals surface area contributed by atoms with Crippen molar-refractivity contribution in [2.75, 3.05) is 6.54 Å². The molecule has 0 aliphatic heterocycles. The number of benzene rings is 3. The number of aryl methyl sites for hydroxylation is 1. The Bertz CT molecular complexity index is 1190. The lowest BCUT2D eigenvalue weighted by Crippen LogP contribution is -2.61. The molecule has 0 bridgehead atoms. The zero-order valence-corrected chi connectivity index (χ0v) is 21.5. The minimum Gasteiger partial charge on any atom is -0.370 e. The fourth-order valence-corrected chi connectivity index (χ4v) is 4.95. The van der Waals surface area contributed by atoms with E-state index in [2.05, 4.69) is 16.4 Å². The Morgan fingerprint density at radius 3 is 2.08 bits per heavy atom. The first-order valence-electron chi connectivity index (χ1n) is 12.3. The number of carbonyl (C=O) groups is 2. The third-order valence-electron chi connectivity index (χ3n) is 6.83. The van der Waals surface area contributed by atoms with Crippen molar-refractivity contribution in [2.45, 2.75) is 43.2 Å². The molecule has 1 aliphatic carbocycles. The Kier molecular flexibility index (Phi) is 9.44. The van der Waals surface area contributed by atoms with Gasteiger partial charge in [0.25, 0.3) is 0 Å². The first-order valence-corrected chi connectivity index (χ1v) is 12.3. The quantitative estimate of drug-likeness (QED) is 0.141. The largest absolute Gasteiger partial charge is 0.370 e. The highest BCUT2D eigenvalue weighted by atomic mass is 35.5. The molecule has 1 aliphatic rings. The number of nitrogens with zero attached hydrogens (tertiary/aromatic N) is 1. The smallest absolute Gasteiger partial charge is 0.248 e. The summed E-state index contributed by atoms with van der Waals surface area (Å²) < 4.78 is 0. The average Bonchev–Trinajstić information content (AvgIpc) is 3.30. The Hall–Kier alpha value is -3.68. The topological polar surface area (TPSA) is 137 Å². The molecule has 0 aromatic heterocycles. The van der Waals surface area contributed by atoms with Crippen LogP contribution in [0.1, 0.15) is 53.5 Å². The molecule has 0 unspecified atom stereocenters. The van der Waals surface area contributed by atoms with E-state index in [1.54, 1.807) is 0 Å². The lowest BCUT2D eigenvalue weighted by molar-refractivity contribution is -0.137. The van der Waals surface area contributed by atoms with Crippen molar-refractivity contribution >= 4 is 30.1 Å². The van der Waals surface area contributed by atoms with Crippen LogP contribution >= 0.6 is 12.4 Å². The SMILES string of the molecule is Cl.NC(N)=NCCC[C@](N)(C(=O)N[C@H]1CCc2ccccc21)C(=O)C(c1ccccc1)c1ccccc1. The lowest BCUT2D eigenvalue weighted by Gasteiger charge is -2.32. The van der Waals surface area contributed by atoms with Gasteiger partial charge in [-0.2, -0.15) is 0 Å². The van der Waals surface area contributed by atoms with E-state index in [1.807, 2.05) is 78.9 Å². The van der Waals surface area contributed by atoms with E-state index in [0.717, 1.165) is 29.5 Å². The molecule has 3 aromatic rings. The van der Waals surface area contributed by atoms with E-state index in [4.69, 9.17) is 17.2 Å². The van der Waals surface area contributed by atoms with Gasteiger partial charge in [-0.25, -0.2) is 0 Å². The fraction of sp³-hybridized carbons (Fsp3) is 0.276. The number of amides is 1. The maximum absolute atomic E-state index is 14.3. The van der Waals surface area contributed by atoms with Crippen LogP contribution in [0.2, 0.25) is 0 Å². The van der Waals surface area contributed by atoms with Gasteiger partial charge in [-0.1, -0.05) is 84.9 Å². The van der Waals surface area contributed by atoms with Crippen molar-refractivity contribution in [3.63, 3.8) is 0 Å². The standard InChI is InChI=1S/C29H33N5O2.ClH/c30-28(31)33-19-9-18-29(32,27(36)34-24-17-16-20-10-7-8-15-23(20)24)26(35)25(21-11-3-1-4-12-21)22-13-5-2-6-14-22;/h1-8,10-15,24-25H,9,16-19,32H2,(H,34,36)(H4,30,31,33);1H/t24-,29+;/m0./s1. The van der Waals surface area contributed by atoms with Gasteiger partial charge in [0.05, 0.1) is 12.0 Å². The number of nitrogens with two attached hydrogens (primary N) is 3. The maximum Gasteiger partial charge on any atom is 0.248 e. The molecule has 8 heteroatoms. The van der Waals surface area contributed by atoms with Crippen molar-refractivity contribution < 1.29 is 9.59 Å². The number of guanidine groups is 1. The van der Waals surface area contributed by atoms with Crippen LogP contribution in [0.15, 0.2) is 89.9 Å². The first-order chi connectivity index (χ1) is 17.4. The van der Waals surface area contributed by atoms with Gasteiger partial charge in [-0.3, -0.25) is 14.6 Å². The number of halogens is 1. The number of aliphatic imine (C=N–C) groups is 1. The number of fused-ring (bicyclic) bond motifs is 1. The molecule has 2 atom stereocenters. The van der Waals surface area contributed by atoms with E-state index in [-0.39, 0.29) is 43.2 Å². The van der Waals surface area contributed by atoms with Gasteiger partial charge < -0.3 is 22.5 Å². The highest BCUT2D eigenvalue weighted by Gasteiger charge is 2.46. The summed E-state index contributed by atoms with van der Waals surface area (Å²) in [7, 11) is 0. The molecule has 0 saturated carbocycles. The number of carbonyl (C=O) groups excluding carboxylic acids is 2. The molecule has 0 saturated heterocycles. The molecule has 7 nitrogen and oxygen atoms in total. The van der Waals surface area contributed by atoms with Gasteiger partial charge in [0, 0.05) is 6.54 Å². The number of hydrogen-bond donors (Lipinski definition) is 4. The van der Waals surface area contributed by atoms with Crippen molar-refractivity contribution in [2.24, 2.45) is 22.2 Å². The molecule has 0 fully saturated rings. The van der Waals surface area contributed by atoms with Crippen LogP contribution in [0.4, 0.5) is 0 Å². The third kappa shape index (κ3) is 6.37. The minimum atomic E-state index is -1.77. The number of ketones is 1. The number of nitrogens with one attached hydrogen (secondary N) is 1. The van der Waals surface area contributed by atoms with Crippen LogP contribution in [0.3, 0.4) is 0 Å². The molecule has 7 N–H and O–H groups in total.